The van der Waals surface area contributed by atoms with E-state index in [-0.39, 0.29) is 33.1 Å². The van der Waals surface area contributed by atoms with E-state index in [4.69, 9.17) is 23.2 Å². The topological polar surface area (TPSA) is 75.3 Å². The maximum atomic E-state index is 12.5. The van der Waals surface area contributed by atoms with Crippen LogP contribution in [-0.2, 0) is 10.0 Å². The summed E-state index contributed by atoms with van der Waals surface area (Å²) >= 11 is 11.8. The number of nitrogens with one attached hydrogen (secondary N) is 2. The summed E-state index contributed by atoms with van der Waals surface area (Å²) in [6, 6.07) is 10.1. The highest BCUT2D eigenvalue weighted by Crippen LogP contribution is 2.27. The Morgan fingerprint density at radius 2 is 1.79 bits per heavy atom. The summed E-state index contributed by atoms with van der Waals surface area (Å²) in [5.41, 5.74) is 0.465. The first kappa shape index (κ1) is 18.6. The van der Waals surface area contributed by atoms with Gasteiger partial charge in [0, 0.05) is 16.6 Å². The van der Waals surface area contributed by atoms with Gasteiger partial charge in [0.15, 0.2) is 0 Å². The molecule has 0 aliphatic rings. The lowest BCUT2D eigenvalue weighted by Crippen LogP contribution is -2.30. The fourth-order valence-corrected chi connectivity index (χ4v) is 3.56. The zero-order valence-electron chi connectivity index (χ0n) is 13.0. The minimum Gasteiger partial charge on any atom is -0.350 e. The van der Waals surface area contributed by atoms with Crippen molar-refractivity contribution in [3.8, 4) is 0 Å². The Morgan fingerprint density at radius 3 is 2.42 bits per heavy atom. The Bertz CT molecular complexity index is 867. The van der Waals surface area contributed by atoms with E-state index in [9.17, 15) is 13.2 Å². The van der Waals surface area contributed by atoms with Crippen LogP contribution >= 0.6 is 23.2 Å². The predicted octanol–water partition coefficient (Wildman–Crippen LogP) is 3.93. The van der Waals surface area contributed by atoms with Crippen LogP contribution in [0.25, 0.3) is 0 Å². The number of carbonyl (C=O) groups is 1. The van der Waals surface area contributed by atoms with Crippen molar-refractivity contribution in [2.45, 2.75) is 24.8 Å². The molecule has 0 atom stereocenters. The first-order chi connectivity index (χ1) is 11.2. The minimum absolute atomic E-state index is 0.0371. The summed E-state index contributed by atoms with van der Waals surface area (Å²) in [5.74, 6) is -0.341. The summed E-state index contributed by atoms with van der Waals surface area (Å²) in [4.78, 5) is 12.0. The number of amides is 1. The van der Waals surface area contributed by atoms with Crippen LogP contribution in [-0.4, -0.2) is 20.4 Å². The van der Waals surface area contributed by atoms with Crippen molar-refractivity contribution in [2.24, 2.45) is 0 Å². The normalized spacial score (nSPS) is 11.4. The van der Waals surface area contributed by atoms with E-state index in [1.807, 2.05) is 13.8 Å². The third-order valence-corrected chi connectivity index (χ3v) is 4.91. The summed E-state index contributed by atoms with van der Waals surface area (Å²) < 4.78 is 27.4. The molecule has 0 aliphatic heterocycles. The summed E-state index contributed by atoms with van der Waals surface area (Å²) in [6.07, 6.45) is 0. The van der Waals surface area contributed by atoms with E-state index in [2.05, 4.69) is 10.0 Å². The molecule has 5 nitrogen and oxygen atoms in total. The van der Waals surface area contributed by atoms with E-state index in [1.54, 1.807) is 6.07 Å². The third-order valence-electron chi connectivity index (χ3n) is 3.00. The lowest BCUT2D eigenvalue weighted by molar-refractivity contribution is 0.0943. The van der Waals surface area contributed by atoms with Gasteiger partial charge >= 0.3 is 0 Å². The molecule has 2 aromatic carbocycles. The van der Waals surface area contributed by atoms with Crippen LogP contribution in [0.3, 0.4) is 0 Å². The molecule has 2 N–H and O–H groups in total. The van der Waals surface area contributed by atoms with Crippen LogP contribution in [0.5, 0.6) is 0 Å². The maximum absolute atomic E-state index is 12.5. The van der Waals surface area contributed by atoms with Gasteiger partial charge in [-0.15, -0.1) is 0 Å². The van der Waals surface area contributed by atoms with Crippen molar-refractivity contribution in [3.63, 3.8) is 0 Å². The van der Waals surface area contributed by atoms with Gasteiger partial charge in [0.1, 0.15) is 0 Å². The summed E-state index contributed by atoms with van der Waals surface area (Å²) in [7, 11) is -3.89. The highest BCUT2D eigenvalue weighted by molar-refractivity contribution is 7.92. The first-order valence-electron chi connectivity index (χ1n) is 7.08. The molecule has 0 aliphatic carbocycles. The number of anilines is 1. The lowest BCUT2D eigenvalue weighted by atomic mass is 10.2. The van der Waals surface area contributed by atoms with Crippen molar-refractivity contribution >= 4 is 44.8 Å². The van der Waals surface area contributed by atoms with Gasteiger partial charge in [-0.1, -0.05) is 29.3 Å². The van der Waals surface area contributed by atoms with E-state index in [0.717, 1.165) is 0 Å². The fraction of sp³-hybridized carbons (Fsp3) is 0.188. The zero-order chi connectivity index (χ0) is 17.9. The Morgan fingerprint density at radius 1 is 1.08 bits per heavy atom. The first-order valence-corrected chi connectivity index (χ1v) is 9.32. The van der Waals surface area contributed by atoms with Crippen LogP contribution < -0.4 is 10.0 Å². The van der Waals surface area contributed by atoms with Gasteiger partial charge in [-0.2, -0.15) is 0 Å². The highest BCUT2D eigenvalue weighted by atomic mass is 35.5. The molecule has 0 saturated heterocycles. The average molecular weight is 387 g/mol. The van der Waals surface area contributed by atoms with Crippen LogP contribution in [0, 0.1) is 0 Å². The molecular weight excluding hydrogens is 371 g/mol. The molecule has 0 radical (unpaired) electrons. The van der Waals surface area contributed by atoms with Crippen LogP contribution in [0.2, 0.25) is 10.0 Å². The second kappa shape index (κ2) is 7.42. The number of hydrogen-bond donors (Lipinski definition) is 2. The molecule has 2 rings (SSSR count). The van der Waals surface area contributed by atoms with Crippen LogP contribution in [0.4, 0.5) is 5.69 Å². The van der Waals surface area contributed by atoms with Crippen molar-refractivity contribution < 1.29 is 13.2 Å². The minimum atomic E-state index is -3.89. The van der Waals surface area contributed by atoms with E-state index in [0.29, 0.717) is 5.02 Å². The molecule has 128 valence electrons. The number of benzene rings is 2. The van der Waals surface area contributed by atoms with Gasteiger partial charge in [0.05, 0.1) is 15.6 Å². The molecule has 2 aromatic rings. The Kier molecular flexibility index (Phi) is 5.74. The fourth-order valence-electron chi connectivity index (χ4n) is 1.93. The van der Waals surface area contributed by atoms with Gasteiger partial charge < -0.3 is 5.32 Å². The van der Waals surface area contributed by atoms with Crippen LogP contribution in [0.1, 0.15) is 24.2 Å². The summed E-state index contributed by atoms with van der Waals surface area (Å²) in [6.45, 7) is 3.64. The molecule has 0 saturated carbocycles. The Labute approximate surface area is 151 Å². The molecule has 0 bridgehead atoms. The van der Waals surface area contributed by atoms with Crippen molar-refractivity contribution in [2.75, 3.05) is 4.72 Å². The monoisotopic (exact) mass is 386 g/mol. The lowest BCUT2D eigenvalue weighted by Gasteiger charge is -2.12. The quantitative estimate of drug-likeness (QED) is 0.816. The van der Waals surface area contributed by atoms with Crippen molar-refractivity contribution in [3.05, 3.63) is 58.1 Å². The highest BCUT2D eigenvalue weighted by Gasteiger charge is 2.18. The maximum Gasteiger partial charge on any atom is 0.261 e. The molecule has 0 aromatic heterocycles. The Balaban J connectivity index is 2.31. The Hall–Kier alpha value is -1.76. The average Bonchev–Trinajstić information content (AvgIpc) is 2.49. The molecule has 8 heteroatoms. The van der Waals surface area contributed by atoms with Gasteiger partial charge in [-0.05, 0) is 50.2 Å². The predicted molar refractivity (Wildman–Crippen MR) is 96.3 cm³/mol. The SMILES string of the molecule is CC(C)NC(=O)c1cccc(S(=O)(=O)Nc2ccc(Cl)cc2Cl)c1. The van der Waals surface area contributed by atoms with E-state index < -0.39 is 10.0 Å². The second-order valence-electron chi connectivity index (χ2n) is 5.39. The molecule has 0 spiro atoms. The summed E-state index contributed by atoms with van der Waals surface area (Å²) in [5, 5.41) is 3.29. The zero-order valence-corrected chi connectivity index (χ0v) is 15.3. The molecule has 24 heavy (non-hydrogen) atoms. The molecule has 0 fully saturated rings. The molecular formula is C16H16Cl2N2O3S. The van der Waals surface area contributed by atoms with Crippen molar-refractivity contribution in [1.29, 1.82) is 0 Å². The smallest absolute Gasteiger partial charge is 0.261 e. The van der Waals surface area contributed by atoms with Crippen molar-refractivity contribution in [1.82, 2.24) is 5.32 Å². The number of hydrogen-bond acceptors (Lipinski definition) is 3. The molecule has 1 amide bonds. The van der Waals surface area contributed by atoms with Gasteiger partial charge in [0.2, 0.25) is 0 Å². The van der Waals surface area contributed by atoms with E-state index in [1.165, 1.54) is 36.4 Å². The second-order valence-corrected chi connectivity index (χ2v) is 7.91. The van der Waals surface area contributed by atoms with Gasteiger partial charge in [-0.3, -0.25) is 9.52 Å². The largest absolute Gasteiger partial charge is 0.350 e. The number of rotatable bonds is 5. The van der Waals surface area contributed by atoms with Crippen LogP contribution in [0.15, 0.2) is 47.4 Å². The molecule has 0 heterocycles. The number of carbonyl (C=O) groups excluding carboxylic acids is 1. The van der Waals surface area contributed by atoms with Gasteiger partial charge in [-0.25, -0.2) is 8.42 Å². The van der Waals surface area contributed by atoms with E-state index >= 15 is 0 Å². The molecule has 0 unspecified atom stereocenters. The standard InChI is InChI=1S/C16H16Cl2N2O3S/c1-10(2)19-16(21)11-4-3-5-13(8-11)24(22,23)20-15-7-6-12(17)9-14(15)18/h3-10,20H,1-2H3,(H,19,21). The number of sulfonamides is 1. The number of halogens is 2. The van der Waals surface area contributed by atoms with Gasteiger partial charge in [0.25, 0.3) is 15.9 Å². The third kappa shape index (κ3) is 4.63.